The lowest BCUT2D eigenvalue weighted by molar-refractivity contribution is 0.473. The van der Waals surface area contributed by atoms with Crippen molar-refractivity contribution in [2.24, 2.45) is 0 Å². The zero-order chi connectivity index (χ0) is 12.3. The van der Waals surface area contributed by atoms with Gasteiger partial charge in [-0.2, -0.15) is 0 Å². The van der Waals surface area contributed by atoms with E-state index in [0.29, 0.717) is 9.69 Å². The van der Waals surface area contributed by atoms with Crippen LogP contribution in [0, 0.1) is 0 Å². The van der Waals surface area contributed by atoms with Crippen LogP contribution in [0.1, 0.15) is 12.3 Å². The van der Waals surface area contributed by atoms with Gasteiger partial charge in [-0.1, -0.05) is 39.7 Å². The van der Waals surface area contributed by atoms with Crippen molar-refractivity contribution in [3.63, 3.8) is 0 Å². The smallest absolute Gasteiger partial charge is 0.197 e. The minimum Gasteiger partial charge on any atom is -0.433 e. The SMILES string of the molecule is Clc1ccc(-c2nc(CCCBr)oc2Br)cc1. The average molecular weight is 379 g/mol. The summed E-state index contributed by atoms with van der Waals surface area (Å²) in [4.78, 5) is 4.47. The van der Waals surface area contributed by atoms with E-state index in [4.69, 9.17) is 16.0 Å². The Bertz CT molecular complexity index is 496. The average Bonchev–Trinajstić information content (AvgIpc) is 2.69. The van der Waals surface area contributed by atoms with Gasteiger partial charge in [-0.3, -0.25) is 0 Å². The third kappa shape index (κ3) is 3.33. The molecule has 5 heteroatoms. The number of rotatable bonds is 4. The Kier molecular flexibility index (Phi) is 4.65. The molecule has 0 bridgehead atoms. The first-order valence-electron chi connectivity index (χ1n) is 5.18. The van der Waals surface area contributed by atoms with E-state index in [1.165, 1.54) is 0 Å². The van der Waals surface area contributed by atoms with Crippen LogP contribution in [-0.2, 0) is 6.42 Å². The molecule has 0 unspecified atom stereocenters. The summed E-state index contributed by atoms with van der Waals surface area (Å²) in [5, 5.41) is 1.66. The molecule has 1 aromatic carbocycles. The van der Waals surface area contributed by atoms with Crippen LogP contribution in [0.15, 0.2) is 33.4 Å². The Morgan fingerprint density at radius 3 is 2.59 bits per heavy atom. The number of oxazole rings is 1. The number of hydrogen-bond donors (Lipinski definition) is 0. The molecule has 0 aliphatic rings. The Labute approximate surface area is 122 Å². The maximum absolute atomic E-state index is 5.85. The number of benzene rings is 1. The van der Waals surface area contributed by atoms with E-state index in [-0.39, 0.29) is 0 Å². The first-order chi connectivity index (χ1) is 8.20. The van der Waals surface area contributed by atoms with E-state index in [2.05, 4.69) is 36.8 Å². The van der Waals surface area contributed by atoms with E-state index in [1.807, 2.05) is 24.3 Å². The van der Waals surface area contributed by atoms with Gasteiger partial charge < -0.3 is 4.42 Å². The van der Waals surface area contributed by atoms with Gasteiger partial charge in [-0.25, -0.2) is 4.98 Å². The van der Waals surface area contributed by atoms with Gasteiger partial charge >= 0.3 is 0 Å². The van der Waals surface area contributed by atoms with Gasteiger partial charge in [0.25, 0.3) is 0 Å². The molecule has 0 spiro atoms. The van der Waals surface area contributed by atoms with Gasteiger partial charge in [0.05, 0.1) is 0 Å². The van der Waals surface area contributed by atoms with Crippen LogP contribution >= 0.6 is 43.5 Å². The monoisotopic (exact) mass is 377 g/mol. The molecule has 0 N–H and O–H groups in total. The van der Waals surface area contributed by atoms with E-state index >= 15 is 0 Å². The van der Waals surface area contributed by atoms with E-state index in [0.717, 1.165) is 35.3 Å². The fourth-order valence-corrected chi connectivity index (χ4v) is 2.36. The molecular formula is C12H10Br2ClNO. The second kappa shape index (κ2) is 6.03. The van der Waals surface area contributed by atoms with Crippen LogP contribution in [0.3, 0.4) is 0 Å². The third-order valence-electron chi connectivity index (χ3n) is 2.27. The fraction of sp³-hybridized carbons (Fsp3) is 0.250. The summed E-state index contributed by atoms with van der Waals surface area (Å²) >= 11 is 12.6. The molecule has 0 radical (unpaired) electrons. The third-order valence-corrected chi connectivity index (χ3v) is 3.62. The summed E-state index contributed by atoms with van der Waals surface area (Å²) in [6, 6.07) is 7.55. The maximum Gasteiger partial charge on any atom is 0.197 e. The molecule has 90 valence electrons. The van der Waals surface area contributed by atoms with Gasteiger partial charge in [0.2, 0.25) is 0 Å². The van der Waals surface area contributed by atoms with Crippen molar-refractivity contribution in [3.05, 3.63) is 39.8 Å². The predicted octanol–water partition coefficient (Wildman–Crippen LogP) is 5.09. The number of aryl methyl sites for hydroxylation is 1. The lowest BCUT2D eigenvalue weighted by Crippen LogP contribution is -1.86. The van der Waals surface area contributed by atoms with Gasteiger partial charge in [-0.15, -0.1) is 0 Å². The molecule has 2 aromatic rings. The maximum atomic E-state index is 5.85. The quantitative estimate of drug-likeness (QED) is 0.692. The Morgan fingerprint density at radius 1 is 1.24 bits per heavy atom. The van der Waals surface area contributed by atoms with E-state index in [1.54, 1.807) is 0 Å². The summed E-state index contributed by atoms with van der Waals surface area (Å²) in [7, 11) is 0. The second-order valence-electron chi connectivity index (χ2n) is 3.53. The molecule has 1 aromatic heterocycles. The lowest BCUT2D eigenvalue weighted by atomic mass is 10.2. The lowest BCUT2D eigenvalue weighted by Gasteiger charge is -1.96. The molecular weight excluding hydrogens is 369 g/mol. The highest BCUT2D eigenvalue weighted by molar-refractivity contribution is 9.10. The number of alkyl halides is 1. The Hall–Kier alpha value is -0.320. The fourth-order valence-electron chi connectivity index (χ4n) is 1.45. The highest BCUT2D eigenvalue weighted by Crippen LogP contribution is 2.29. The summed E-state index contributed by atoms with van der Waals surface area (Å²) in [5.41, 5.74) is 1.82. The highest BCUT2D eigenvalue weighted by Gasteiger charge is 2.12. The van der Waals surface area contributed by atoms with E-state index < -0.39 is 0 Å². The minimum atomic E-state index is 0.671. The predicted molar refractivity (Wildman–Crippen MR) is 76.8 cm³/mol. The number of halogens is 3. The molecule has 0 aliphatic heterocycles. The molecule has 0 amide bonds. The summed E-state index contributed by atoms with van der Waals surface area (Å²) in [6.07, 6.45) is 1.84. The molecule has 0 atom stereocenters. The van der Waals surface area contributed by atoms with Crippen LogP contribution < -0.4 is 0 Å². The van der Waals surface area contributed by atoms with Crippen molar-refractivity contribution in [3.8, 4) is 11.3 Å². The molecule has 1 heterocycles. The van der Waals surface area contributed by atoms with E-state index in [9.17, 15) is 0 Å². The summed E-state index contributed by atoms with van der Waals surface area (Å²) in [5.74, 6) is 0.751. The highest BCUT2D eigenvalue weighted by atomic mass is 79.9. The molecule has 2 rings (SSSR count). The van der Waals surface area contributed by atoms with Gasteiger partial charge in [0.15, 0.2) is 10.6 Å². The van der Waals surface area contributed by atoms with Crippen molar-refractivity contribution >= 4 is 43.5 Å². The zero-order valence-corrected chi connectivity index (χ0v) is 12.8. The zero-order valence-electron chi connectivity index (χ0n) is 8.92. The largest absolute Gasteiger partial charge is 0.433 e. The van der Waals surface area contributed by atoms with Crippen molar-refractivity contribution in [1.82, 2.24) is 4.98 Å². The topological polar surface area (TPSA) is 26.0 Å². The van der Waals surface area contributed by atoms with Gasteiger partial charge in [0.1, 0.15) is 5.69 Å². The molecule has 2 nitrogen and oxygen atoms in total. The number of aromatic nitrogens is 1. The summed E-state index contributed by atoms with van der Waals surface area (Å²) in [6.45, 7) is 0. The minimum absolute atomic E-state index is 0.671. The van der Waals surface area contributed by atoms with Crippen LogP contribution in [0.25, 0.3) is 11.3 Å². The van der Waals surface area contributed by atoms with Crippen molar-refractivity contribution < 1.29 is 4.42 Å². The molecule has 0 aliphatic carbocycles. The standard InChI is InChI=1S/C12H10Br2ClNO/c13-7-1-2-10-16-11(12(14)17-10)8-3-5-9(15)6-4-8/h3-6H,1-2,7H2. The van der Waals surface area contributed by atoms with Gasteiger partial charge in [-0.05, 0) is 34.5 Å². The van der Waals surface area contributed by atoms with Crippen LogP contribution in [0.4, 0.5) is 0 Å². The van der Waals surface area contributed by atoms with Crippen molar-refractivity contribution in [1.29, 1.82) is 0 Å². The Balaban J connectivity index is 2.26. The van der Waals surface area contributed by atoms with Crippen LogP contribution in [-0.4, -0.2) is 10.3 Å². The number of nitrogens with zero attached hydrogens (tertiary/aromatic N) is 1. The Morgan fingerprint density at radius 2 is 1.94 bits per heavy atom. The van der Waals surface area contributed by atoms with Crippen molar-refractivity contribution in [2.75, 3.05) is 5.33 Å². The van der Waals surface area contributed by atoms with Gasteiger partial charge in [0, 0.05) is 22.3 Å². The van der Waals surface area contributed by atoms with Crippen molar-refractivity contribution in [2.45, 2.75) is 12.8 Å². The van der Waals surface area contributed by atoms with Crippen LogP contribution in [0.5, 0.6) is 0 Å². The molecule has 0 saturated heterocycles. The molecule has 17 heavy (non-hydrogen) atoms. The molecule has 0 saturated carbocycles. The second-order valence-corrected chi connectivity index (χ2v) is 5.48. The first-order valence-corrected chi connectivity index (χ1v) is 7.47. The van der Waals surface area contributed by atoms with Crippen LogP contribution in [0.2, 0.25) is 5.02 Å². The summed E-state index contributed by atoms with van der Waals surface area (Å²) < 4.78 is 6.22. The first kappa shape index (κ1) is 13.1. The molecule has 0 fully saturated rings. The number of hydrogen-bond acceptors (Lipinski definition) is 2. The normalized spacial score (nSPS) is 10.8.